The van der Waals surface area contributed by atoms with E-state index in [9.17, 15) is 14.4 Å². The predicted molar refractivity (Wildman–Crippen MR) is 112 cm³/mol. The van der Waals surface area contributed by atoms with Gasteiger partial charge in [-0.2, -0.15) is 0 Å². The van der Waals surface area contributed by atoms with Gasteiger partial charge in [0.05, 0.1) is 23.4 Å². The zero-order valence-electron chi connectivity index (χ0n) is 16.2. The van der Waals surface area contributed by atoms with Crippen molar-refractivity contribution >= 4 is 39.9 Å². The molecule has 2 aliphatic heterocycles. The topological polar surface area (TPSA) is 82.6 Å². The van der Waals surface area contributed by atoms with E-state index in [0.717, 1.165) is 38.8 Å². The second kappa shape index (κ2) is 8.73. The summed E-state index contributed by atoms with van der Waals surface area (Å²) in [7, 11) is 0. The van der Waals surface area contributed by atoms with Crippen LogP contribution in [-0.2, 0) is 16.0 Å². The molecule has 0 saturated carbocycles. The molecule has 0 radical (unpaired) electrons. The quantitative estimate of drug-likeness (QED) is 0.818. The second-order valence-corrected chi connectivity index (χ2v) is 8.23. The summed E-state index contributed by atoms with van der Waals surface area (Å²) in [6.45, 7) is 2.21. The third kappa shape index (κ3) is 4.48. The van der Waals surface area contributed by atoms with Gasteiger partial charge < -0.3 is 10.2 Å². The summed E-state index contributed by atoms with van der Waals surface area (Å²) in [5.41, 5.74) is 1.67. The van der Waals surface area contributed by atoms with Crippen molar-refractivity contribution in [3.8, 4) is 0 Å². The van der Waals surface area contributed by atoms with Crippen LogP contribution in [0, 0.1) is 0 Å². The summed E-state index contributed by atoms with van der Waals surface area (Å²) in [5.74, 6) is -0.182. The van der Waals surface area contributed by atoms with Gasteiger partial charge in [0.25, 0.3) is 5.91 Å². The number of nitrogens with one attached hydrogen (secondary N) is 1. The number of benzene rings is 1. The standard InChI is InChI=1S/C21H24N4O3S/c26-18(13-15-14-29-21(22-15)25-12-6-9-19(25)27)23-17-8-3-2-7-16(17)20(28)24-10-4-1-5-11-24/h2-3,7-8,14H,1,4-6,9-13H2,(H,23,26). The number of aromatic nitrogens is 1. The lowest BCUT2D eigenvalue weighted by Crippen LogP contribution is -2.36. The molecule has 0 atom stereocenters. The Balaban J connectivity index is 1.42. The molecular formula is C21H24N4O3S. The first kappa shape index (κ1) is 19.6. The van der Waals surface area contributed by atoms with Crippen LogP contribution in [0.2, 0.25) is 0 Å². The minimum atomic E-state index is -0.228. The largest absolute Gasteiger partial charge is 0.339 e. The molecular weight excluding hydrogens is 388 g/mol. The minimum Gasteiger partial charge on any atom is -0.339 e. The normalized spacial score (nSPS) is 16.9. The van der Waals surface area contributed by atoms with Crippen LogP contribution in [-0.4, -0.2) is 47.2 Å². The number of amides is 3. The first-order chi connectivity index (χ1) is 14.1. The van der Waals surface area contributed by atoms with E-state index in [1.165, 1.54) is 11.3 Å². The van der Waals surface area contributed by atoms with Gasteiger partial charge in [-0.1, -0.05) is 12.1 Å². The highest BCUT2D eigenvalue weighted by molar-refractivity contribution is 7.14. The second-order valence-electron chi connectivity index (χ2n) is 7.39. The maximum absolute atomic E-state index is 12.9. The fourth-order valence-electron chi connectivity index (χ4n) is 3.76. The molecule has 1 aromatic heterocycles. The maximum Gasteiger partial charge on any atom is 0.255 e. The zero-order chi connectivity index (χ0) is 20.2. The first-order valence-electron chi connectivity index (χ1n) is 10.0. The van der Waals surface area contributed by atoms with Crippen LogP contribution < -0.4 is 10.2 Å². The van der Waals surface area contributed by atoms with Gasteiger partial charge in [-0.3, -0.25) is 19.3 Å². The molecule has 0 aliphatic carbocycles. The molecule has 4 rings (SSSR count). The van der Waals surface area contributed by atoms with E-state index >= 15 is 0 Å². The fourth-order valence-corrected chi connectivity index (χ4v) is 4.62. The summed E-state index contributed by atoms with van der Waals surface area (Å²) < 4.78 is 0. The van der Waals surface area contributed by atoms with E-state index < -0.39 is 0 Å². The van der Waals surface area contributed by atoms with E-state index in [1.54, 1.807) is 17.0 Å². The van der Waals surface area contributed by atoms with Gasteiger partial charge in [0.15, 0.2) is 5.13 Å². The Morgan fingerprint density at radius 2 is 1.86 bits per heavy atom. The van der Waals surface area contributed by atoms with Gasteiger partial charge in [0.2, 0.25) is 11.8 Å². The van der Waals surface area contributed by atoms with Crippen molar-refractivity contribution < 1.29 is 14.4 Å². The number of hydrogen-bond acceptors (Lipinski definition) is 5. The molecule has 8 heteroatoms. The Hall–Kier alpha value is -2.74. The molecule has 0 bridgehead atoms. The van der Waals surface area contributed by atoms with Crippen LogP contribution in [0.3, 0.4) is 0 Å². The van der Waals surface area contributed by atoms with Crippen molar-refractivity contribution in [2.45, 2.75) is 38.5 Å². The lowest BCUT2D eigenvalue weighted by atomic mass is 10.1. The van der Waals surface area contributed by atoms with Gasteiger partial charge in [-0.25, -0.2) is 4.98 Å². The van der Waals surface area contributed by atoms with Gasteiger partial charge in [0.1, 0.15) is 0 Å². The Kier molecular flexibility index (Phi) is 5.89. The predicted octanol–water partition coefficient (Wildman–Crippen LogP) is 3.08. The van der Waals surface area contributed by atoms with E-state index in [2.05, 4.69) is 10.3 Å². The van der Waals surface area contributed by atoms with Gasteiger partial charge in [-0.15, -0.1) is 11.3 Å². The van der Waals surface area contributed by atoms with Crippen LogP contribution in [0.5, 0.6) is 0 Å². The van der Waals surface area contributed by atoms with E-state index in [-0.39, 0.29) is 24.1 Å². The number of likely N-dealkylation sites (tertiary alicyclic amines) is 1. The van der Waals surface area contributed by atoms with Gasteiger partial charge in [-0.05, 0) is 37.8 Å². The zero-order valence-corrected chi connectivity index (χ0v) is 17.0. The molecule has 2 aromatic rings. The van der Waals surface area contributed by atoms with Crippen LogP contribution in [0.15, 0.2) is 29.6 Å². The van der Waals surface area contributed by atoms with Crippen LogP contribution in [0.4, 0.5) is 10.8 Å². The number of anilines is 2. The van der Waals surface area contributed by atoms with Gasteiger partial charge >= 0.3 is 0 Å². The summed E-state index contributed by atoms with van der Waals surface area (Å²) >= 11 is 1.38. The Morgan fingerprint density at radius 1 is 1.07 bits per heavy atom. The van der Waals surface area contributed by atoms with Gasteiger partial charge in [0, 0.05) is 31.4 Å². The van der Waals surface area contributed by atoms with Crippen molar-refractivity contribution in [2.24, 2.45) is 0 Å². The SMILES string of the molecule is O=C(Cc1csc(N2CCCC2=O)n1)Nc1ccccc1C(=O)N1CCCCC1. The minimum absolute atomic E-state index is 0.0379. The average molecular weight is 413 g/mol. The Labute approximate surface area is 173 Å². The Bertz CT molecular complexity index is 920. The monoisotopic (exact) mass is 412 g/mol. The van der Waals surface area contributed by atoms with Crippen molar-refractivity contribution in [3.63, 3.8) is 0 Å². The third-order valence-electron chi connectivity index (χ3n) is 5.26. The molecule has 7 nitrogen and oxygen atoms in total. The van der Waals surface area contributed by atoms with E-state index in [4.69, 9.17) is 0 Å². The van der Waals surface area contributed by atoms with E-state index in [0.29, 0.717) is 35.0 Å². The number of para-hydroxylation sites is 1. The molecule has 29 heavy (non-hydrogen) atoms. The number of thiazole rings is 1. The fraction of sp³-hybridized carbons (Fsp3) is 0.429. The van der Waals surface area contributed by atoms with Crippen LogP contribution >= 0.6 is 11.3 Å². The smallest absolute Gasteiger partial charge is 0.255 e. The summed E-state index contributed by atoms with van der Waals surface area (Å²) in [6, 6.07) is 7.13. The number of piperidine rings is 1. The van der Waals surface area contributed by atoms with Crippen LogP contribution in [0.25, 0.3) is 0 Å². The van der Waals surface area contributed by atoms with Crippen molar-refractivity contribution in [1.29, 1.82) is 0 Å². The lowest BCUT2D eigenvalue weighted by Gasteiger charge is -2.27. The average Bonchev–Trinajstić information content (AvgIpc) is 3.37. The Morgan fingerprint density at radius 3 is 2.62 bits per heavy atom. The molecule has 1 aromatic carbocycles. The maximum atomic E-state index is 12.9. The first-order valence-corrected chi connectivity index (χ1v) is 10.9. The summed E-state index contributed by atoms with van der Waals surface area (Å²) in [6.07, 6.45) is 4.69. The molecule has 2 fully saturated rings. The van der Waals surface area contributed by atoms with Crippen molar-refractivity contribution in [3.05, 3.63) is 40.9 Å². The molecule has 3 heterocycles. The van der Waals surface area contributed by atoms with Crippen molar-refractivity contribution in [1.82, 2.24) is 9.88 Å². The lowest BCUT2D eigenvalue weighted by molar-refractivity contribution is -0.117. The molecule has 152 valence electrons. The molecule has 0 unspecified atom stereocenters. The highest BCUT2D eigenvalue weighted by Crippen LogP contribution is 2.26. The molecule has 1 N–H and O–H groups in total. The highest BCUT2D eigenvalue weighted by Gasteiger charge is 2.25. The molecule has 2 aliphatic rings. The van der Waals surface area contributed by atoms with E-state index in [1.807, 2.05) is 22.4 Å². The number of hydrogen-bond donors (Lipinski definition) is 1. The summed E-state index contributed by atoms with van der Waals surface area (Å²) in [5, 5.41) is 5.32. The number of rotatable bonds is 5. The summed E-state index contributed by atoms with van der Waals surface area (Å²) in [4.78, 5) is 45.3. The highest BCUT2D eigenvalue weighted by atomic mass is 32.1. The molecule has 0 spiro atoms. The number of carbonyl (C=O) groups is 3. The number of nitrogens with zero attached hydrogens (tertiary/aromatic N) is 3. The third-order valence-corrected chi connectivity index (χ3v) is 6.17. The molecule has 2 saturated heterocycles. The number of carbonyl (C=O) groups excluding carboxylic acids is 3. The molecule has 3 amide bonds. The van der Waals surface area contributed by atoms with Crippen LogP contribution in [0.1, 0.15) is 48.2 Å². The van der Waals surface area contributed by atoms with Crippen molar-refractivity contribution in [2.75, 3.05) is 29.9 Å².